The van der Waals surface area contributed by atoms with Crippen molar-refractivity contribution in [3.63, 3.8) is 0 Å². The molecule has 0 bridgehead atoms. The van der Waals surface area contributed by atoms with E-state index < -0.39 is 12.0 Å². The van der Waals surface area contributed by atoms with Crippen LogP contribution in [0.4, 0.5) is 0 Å². The average molecular weight is 343 g/mol. The quantitative estimate of drug-likeness (QED) is 0.746. The molecule has 24 heavy (non-hydrogen) atoms. The Morgan fingerprint density at radius 2 is 2.04 bits per heavy atom. The van der Waals surface area contributed by atoms with Crippen molar-refractivity contribution in [1.82, 2.24) is 15.1 Å². The van der Waals surface area contributed by atoms with Crippen LogP contribution < -0.4 is 5.32 Å². The van der Waals surface area contributed by atoms with Crippen molar-refractivity contribution in [2.24, 2.45) is 7.05 Å². The molecule has 7 heteroatoms. The normalized spacial score (nSPS) is 12.2. The van der Waals surface area contributed by atoms with Crippen LogP contribution in [0.3, 0.4) is 0 Å². The molecule has 0 spiro atoms. The van der Waals surface area contributed by atoms with E-state index in [1.807, 2.05) is 44.3 Å². The van der Waals surface area contributed by atoms with Gasteiger partial charge in [-0.3, -0.25) is 14.3 Å². The summed E-state index contributed by atoms with van der Waals surface area (Å²) in [6.45, 7) is 1.90. The molecule has 124 valence electrons. The van der Waals surface area contributed by atoms with E-state index in [9.17, 15) is 9.59 Å². The van der Waals surface area contributed by atoms with Gasteiger partial charge in [0.2, 0.25) is 0 Å². The molecule has 0 saturated carbocycles. The molecule has 2 aromatic heterocycles. The zero-order valence-electron chi connectivity index (χ0n) is 13.3. The van der Waals surface area contributed by atoms with E-state index in [1.54, 1.807) is 10.7 Å². The number of aliphatic carboxylic acids is 1. The SMILES string of the molecule is Cc1nn(C)c2sc(C(=O)NC(CC(=O)O)c3ccccc3)cc12. The van der Waals surface area contributed by atoms with E-state index in [0.717, 1.165) is 21.5 Å². The lowest BCUT2D eigenvalue weighted by atomic mass is 10.0. The number of amides is 1. The lowest BCUT2D eigenvalue weighted by Crippen LogP contribution is -2.29. The topological polar surface area (TPSA) is 84.2 Å². The number of benzene rings is 1. The van der Waals surface area contributed by atoms with Gasteiger partial charge in [-0.1, -0.05) is 30.3 Å². The van der Waals surface area contributed by atoms with Crippen molar-refractivity contribution in [2.45, 2.75) is 19.4 Å². The second-order valence-electron chi connectivity index (χ2n) is 5.57. The molecular weight excluding hydrogens is 326 g/mol. The van der Waals surface area contributed by atoms with E-state index in [2.05, 4.69) is 10.4 Å². The first-order valence-electron chi connectivity index (χ1n) is 7.46. The fraction of sp³-hybridized carbons (Fsp3) is 0.235. The van der Waals surface area contributed by atoms with Gasteiger partial charge in [0, 0.05) is 12.4 Å². The minimum Gasteiger partial charge on any atom is -0.481 e. The Morgan fingerprint density at radius 1 is 1.33 bits per heavy atom. The lowest BCUT2D eigenvalue weighted by molar-refractivity contribution is -0.137. The van der Waals surface area contributed by atoms with E-state index in [0.29, 0.717) is 4.88 Å². The maximum Gasteiger partial charge on any atom is 0.305 e. The van der Waals surface area contributed by atoms with Crippen LogP contribution in [-0.2, 0) is 11.8 Å². The summed E-state index contributed by atoms with van der Waals surface area (Å²) < 4.78 is 1.75. The summed E-state index contributed by atoms with van der Waals surface area (Å²) in [5, 5.41) is 17.2. The van der Waals surface area contributed by atoms with E-state index in [4.69, 9.17) is 5.11 Å². The summed E-state index contributed by atoms with van der Waals surface area (Å²) >= 11 is 1.35. The largest absolute Gasteiger partial charge is 0.481 e. The van der Waals surface area contributed by atoms with Crippen LogP contribution in [-0.4, -0.2) is 26.8 Å². The first-order valence-corrected chi connectivity index (χ1v) is 8.28. The Bertz CT molecular complexity index is 864. The van der Waals surface area contributed by atoms with Crippen molar-refractivity contribution in [2.75, 3.05) is 0 Å². The highest BCUT2D eigenvalue weighted by Crippen LogP contribution is 2.28. The molecule has 0 aliphatic heterocycles. The highest BCUT2D eigenvalue weighted by Gasteiger charge is 2.21. The third-order valence-corrected chi connectivity index (χ3v) is 5.01. The monoisotopic (exact) mass is 343 g/mol. The number of aromatic nitrogens is 2. The van der Waals surface area contributed by atoms with Crippen LogP contribution in [0.5, 0.6) is 0 Å². The average Bonchev–Trinajstić information content (AvgIpc) is 3.09. The number of nitrogens with zero attached hydrogens (tertiary/aromatic N) is 2. The molecule has 1 aromatic carbocycles. The predicted molar refractivity (Wildman–Crippen MR) is 92.2 cm³/mol. The molecule has 3 rings (SSSR count). The number of thiophene rings is 1. The van der Waals surface area contributed by atoms with Crippen LogP contribution in [0.2, 0.25) is 0 Å². The number of rotatable bonds is 5. The molecule has 3 aromatic rings. The van der Waals surface area contributed by atoms with Gasteiger partial charge in [0.1, 0.15) is 4.83 Å². The molecule has 0 saturated heterocycles. The Balaban J connectivity index is 1.86. The lowest BCUT2D eigenvalue weighted by Gasteiger charge is -2.16. The van der Waals surface area contributed by atoms with Crippen molar-refractivity contribution in [1.29, 1.82) is 0 Å². The number of carbonyl (C=O) groups excluding carboxylic acids is 1. The number of carboxylic acids is 1. The maximum atomic E-state index is 12.6. The Labute approximate surface area is 142 Å². The Hall–Kier alpha value is -2.67. The Kier molecular flexibility index (Phi) is 4.35. The molecule has 0 aliphatic rings. The Morgan fingerprint density at radius 3 is 2.67 bits per heavy atom. The summed E-state index contributed by atoms with van der Waals surface area (Å²) in [6, 6.07) is 10.4. The van der Waals surface area contributed by atoms with Crippen molar-refractivity contribution in [3.8, 4) is 0 Å². The smallest absolute Gasteiger partial charge is 0.305 e. The zero-order valence-corrected chi connectivity index (χ0v) is 14.1. The standard InChI is InChI=1S/C17H17N3O3S/c1-10-12-8-14(24-17(12)20(2)19-10)16(23)18-13(9-15(21)22)11-6-4-3-5-7-11/h3-8,13H,9H2,1-2H3,(H,18,23)(H,21,22). The highest BCUT2D eigenvalue weighted by atomic mass is 32.1. The molecule has 2 heterocycles. The van der Waals surface area contributed by atoms with Gasteiger partial charge in [0.15, 0.2) is 0 Å². The first-order chi connectivity index (χ1) is 11.5. The van der Waals surface area contributed by atoms with Crippen LogP contribution >= 0.6 is 11.3 Å². The predicted octanol–water partition coefficient (Wildman–Crippen LogP) is 2.89. The van der Waals surface area contributed by atoms with Crippen LogP contribution in [0.15, 0.2) is 36.4 Å². The van der Waals surface area contributed by atoms with Gasteiger partial charge >= 0.3 is 5.97 Å². The number of hydrogen-bond acceptors (Lipinski definition) is 4. The summed E-state index contributed by atoms with van der Waals surface area (Å²) in [4.78, 5) is 25.2. The summed E-state index contributed by atoms with van der Waals surface area (Å²) in [5.74, 6) is -1.23. The van der Waals surface area contributed by atoms with Gasteiger partial charge in [-0.2, -0.15) is 5.10 Å². The number of fused-ring (bicyclic) bond motifs is 1. The summed E-state index contributed by atoms with van der Waals surface area (Å²) in [6.07, 6.45) is -0.165. The fourth-order valence-corrected chi connectivity index (χ4v) is 3.68. The summed E-state index contributed by atoms with van der Waals surface area (Å²) in [7, 11) is 1.84. The minimum absolute atomic E-state index is 0.165. The molecule has 2 N–H and O–H groups in total. The van der Waals surface area contributed by atoms with Crippen molar-refractivity contribution >= 4 is 33.4 Å². The molecule has 6 nitrogen and oxygen atoms in total. The second-order valence-corrected chi connectivity index (χ2v) is 6.60. The molecule has 1 unspecified atom stereocenters. The number of aryl methyl sites for hydroxylation is 2. The second kappa shape index (κ2) is 6.45. The molecule has 1 atom stereocenters. The number of hydrogen-bond donors (Lipinski definition) is 2. The van der Waals surface area contributed by atoms with E-state index in [1.165, 1.54) is 11.3 Å². The van der Waals surface area contributed by atoms with Crippen molar-refractivity contribution < 1.29 is 14.7 Å². The van der Waals surface area contributed by atoms with Crippen LogP contribution in [0, 0.1) is 6.92 Å². The molecular formula is C17H17N3O3S. The van der Waals surface area contributed by atoms with Gasteiger partial charge in [0.25, 0.3) is 5.91 Å². The summed E-state index contributed by atoms with van der Waals surface area (Å²) in [5.41, 5.74) is 1.64. The highest BCUT2D eigenvalue weighted by molar-refractivity contribution is 7.20. The van der Waals surface area contributed by atoms with Gasteiger partial charge < -0.3 is 10.4 Å². The maximum absolute atomic E-state index is 12.6. The molecule has 0 radical (unpaired) electrons. The van der Waals surface area contributed by atoms with Gasteiger partial charge in [-0.05, 0) is 18.6 Å². The third kappa shape index (κ3) is 3.16. The molecule has 0 aliphatic carbocycles. The van der Waals surface area contributed by atoms with E-state index >= 15 is 0 Å². The number of nitrogens with one attached hydrogen (secondary N) is 1. The van der Waals surface area contributed by atoms with Crippen molar-refractivity contribution in [3.05, 3.63) is 52.5 Å². The number of carbonyl (C=O) groups is 2. The minimum atomic E-state index is -0.958. The number of carboxylic acid groups (broad SMARTS) is 1. The molecule has 0 fully saturated rings. The van der Waals surface area contributed by atoms with Crippen LogP contribution in [0.1, 0.15) is 33.4 Å². The zero-order chi connectivity index (χ0) is 17.3. The first kappa shape index (κ1) is 16.2. The van der Waals surface area contributed by atoms with E-state index in [-0.39, 0.29) is 12.3 Å². The molecule has 1 amide bonds. The third-order valence-electron chi connectivity index (χ3n) is 3.81. The van der Waals surface area contributed by atoms with Gasteiger partial charge in [0.05, 0.1) is 23.0 Å². The van der Waals surface area contributed by atoms with Gasteiger partial charge in [-0.25, -0.2) is 0 Å². The van der Waals surface area contributed by atoms with Crippen LogP contribution in [0.25, 0.3) is 10.2 Å². The van der Waals surface area contributed by atoms with Gasteiger partial charge in [-0.15, -0.1) is 11.3 Å². The fourth-order valence-electron chi connectivity index (χ4n) is 2.66.